The molecule has 2 aromatic heterocycles. The first-order chi connectivity index (χ1) is 15.4. The first kappa shape index (κ1) is 22.6. The van der Waals surface area contributed by atoms with E-state index in [2.05, 4.69) is 15.0 Å². The number of methoxy groups -OCH3 is 1. The van der Waals surface area contributed by atoms with Gasteiger partial charge in [-0.3, -0.25) is 4.90 Å². The lowest BCUT2D eigenvalue weighted by atomic mass is 10.2. The highest BCUT2D eigenvalue weighted by Gasteiger charge is 2.33. The fourth-order valence-electron chi connectivity index (χ4n) is 3.85. The van der Waals surface area contributed by atoms with Gasteiger partial charge >= 0.3 is 5.97 Å². The molecule has 4 rings (SSSR count). The number of aryl methyl sites for hydroxylation is 1. The minimum Gasteiger partial charge on any atom is -0.465 e. The Morgan fingerprint density at radius 1 is 1.12 bits per heavy atom. The number of carbonyl (C=O) groups is 1. The zero-order valence-corrected chi connectivity index (χ0v) is 19.0. The van der Waals surface area contributed by atoms with E-state index in [0.29, 0.717) is 51.8 Å². The fraction of sp³-hybridized carbons (Fsp3) is 0.550. The Bertz CT molecular complexity index is 1060. The zero-order valence-electron chi connectivity index (χ0n) is 18.2. The second-order valence-corrected chi connectivity index (χ2v) is 9.66. The molecule has 11 nitrogen and oxygen atoms in total. The summed E-state index contributed by atoms with van der Waals surface area (Å²) in [6.07, 6.45) is 1.36. The first-order valence-corrected chi connectivity index (χ1v) is 11.9. The molecule has 0 N–H and O–H groups in total. The number of hydrogen-bond donors (Lipinski definition) is 0. The Morgan fingerprint density at radius 3 is 2.47 bits per heavy atom. The highest BCUT2D eigenvalue weighted by atomic mass is 32.2. The largest absolute Gasteiger partial charge is 0.465 e. The molecule has 0 radical (unpaired) electrons. The fourth-order valence-corrected chi connectivity index (χ4v) is 5.45. The van der Waals surface area contributed by atoms with E-state index < -0.39 is 16.0 Å². The van der Waals surface area contributed by atoms with Gasteiger partial charge < -0.3 is 18.9 Å². The second kappa shape index (κ2) is 9.53. The summed E-state index contributed by atoms with van der Waals surface area (Å²) in [6.45, 7) is 6.29. The highest BCUT2D eigenvalue weighted by molar-refractivity contribution is 7.89. The minimum atomic E-state index is -3.86. The lowest BCUT2D eigenvalue weighted by molar-refractivity contribution is 0.0599. The van der Waals surface area contributed by atoms with Gasteiger partial charge in [-0.2, -0.15) is 4.31 Å². The maximum atomic E-state index is 13.4. The van der Waals surface area contributed by atoms with Crippen LogP contribution in [0.15, 0.2) is 27.7 Å². The summed E-state index contributed by atoms with van der Waals surface area (Å²) in [5.41, 5.74) is 0.939. The number of esters is 1. The van der Waals surface area contributed by atoms with Crippen molar-refractivity contribution in [3.63, 3.8) is 0 Å². The number of ether oxygens (including phenoxy) is 2. The molecular weight excluding hydrogens is 438 g/mol. The molecule has 2 aliphatic rings. The number of sulfonamides is 1. The van der Waals surface area contributed by atoms with Gasteiger partial charge in [-0.15, -0.1) is 0 Å². The number of rotatable bonds is 6. The molecule has 2 fully saturated rings. The predicted molar refractivity (Wildman–Crippen MR) is 114 cm³/mol. The minimum absolute atomic E-state index is 0.0154. The monoisotopic (exact) mass is 465 g/mol. The third kappa shape index (κ3) is 4.77. The average Bonchev–Trinajstić information content (AvgIpc) is 3.23. The summed E-state index contributed by atoms with van der Waals surface area (Å²) in [5, 5.41) is 3.92. The van der Waals surface area contributed by atoms with Crippen LogP contribution in [0.25, 0.3) is 0 Å². The molecule has 2 aromatic rings. The molecule has 32 heavy (non-hydrogen) atoms. The Balaban J connectivity index is 1.57. The van der Waals surface area contributed by atoms with E-state index in [1.807, 2.05) is 17.9 Å². The molecule has 0 saturated carbocycles. The van der Waals surface area contributed by atoms with E-state index in [4.69, 9.17) is 14.0 Å². The van der Waals surface area contributed by atoms with Gasteiger partial charge in [0.15, 0.2) is 5.76 Å². The Labute approximate surface area is 186 Å². The van der Waals surface area contributed by atoms with Gasteiger partial charge in [-0.1, -0.05) is 5.16 Å². The van der Waals surface area contributed by atoms with Gasteiger partial charge in [0.25, 0.3) is 0 Å². The lowest BCUT2D eigenvalue weighted by Crippen LogP contribution is -2.47. The summed E-state index contributed by atoms with van der Waals surface area (Å²) < 4.78 is 43.6. The van der Waals surface area contributed by atoms with Crippen LogP contribution in [0.4, 0.5) is 5.82 Å². The summed E-state index contributed by atoms with van der Waals surface area (Å²) in [5.74, 6) is 0.515. The van der Waals surface area contributed by atoms with Crippen molar-refractivity contribution >= 4 is 21.8 Å². The number of piperazine rings is 1. The smallest absolute Gasteiger partial charge is 0.339 e. The number of morpholine rings is 1. The van der Waals surface area contributed by atoms with E-state index in [0.717, 1.165) is 11.5 Å². The Hall–Kier alpha value is -2.54. The van der Waals surface area contributed by atoms with Crippen molar-refractivity contribution in [3.05, 3.63) is 35.3 Å². The van der Waals surface area contributed by atoms with Gasteiger partial charge in [0.2, 0.25) is 10.0 Å². The van der Waals surface area contributed by atoms with E-state index in [9.17, 15) is 13.2 Å². The van der Waals surface area contributed by atoms with Gasteiger partial charge in [0.05, 0.1) is 38.1 Å². The maximum Gasteiger partial charge on any atom is 0.339 e. The molecule has 2 saturated heterocycles. The number of anilines is 1. The third-order valence-corrected chi connectivity index (χ3v) is 7.47. The zero-order chi connectivity index (χ0) is 22.7. The van der Waals surface area contributed by atoms with Crippen molar-refractivity contribution in [2.75, 3.05) is 64.5 Å². The van der Waals surface area contributed by atoms with E-state index in [1.54, 1.807) is 0 Å². The summed E-state index contributed by atoms with van der Waals surface area (Å²) >= 11 is 0. The van der Waals surface area contributed by atoms with Crippen LogP contribution in [0, 0.1) is 6.92 Å². The SMILES string of the molecule is COC(=O)c1cnc(N2CCN(Cc3cc(C)no3)CC2)c(S(=O)(=O)N2CCOCC2)c1. The summed E-state index contributed by atoms with van der Waals surface area (Å²) in [4.78, 5) is 20.6. The molecule has 0 aliphatic carbocycles. The standard InChI is InChI=1S/C20H27N5O6S/c1-15-11-17(31-22-15)14-23-3-5-24(6-4-23)19-18(12-16(13-21-19)20(26)29-2)32(27,28)25-7-9-30-10-8-25/h11-13H,3-10,14H2,1-2H3. The number of aromatic nitrogens is 2. The van der Waals surface area contributed by atoms with Crippen LogP contribution in [0.3, 0.4) is 0 Å². The van der Waals surface area contributed by atoms with Crippen LogP contribution in [0.5, 0.6) is 0 Å². The number of nitrogens with zero attached hydrogens (tertiary/aromatic N) is 5. The van der Waals surface area contributed by atoms with E-state index >= 15 is 0 Å². The molecule has 4 heterocycles. The number of hydrogen-bond acceptors (Lipinski definition) is 10. The van der Waals surface area contributed by atoms with Crippen molar-refractivity contribution in [2.24, 2.45) is 0 Å². The summed E-state index contributed by atoms with van der Waals surface area (Å²) in [6, 6.07) is 3.27. The van der Waals surface area contributed by atoms with Crippen LogP contribution in [-0.2, 0) is 26.0 Å². The molecule has 0 aromatic carbocycles. The van der Waals surface area contributed by atoms with Crippen LogP contribution in [0.2, 0.25) is 0 Å². The van der Waals surface area contributed by atoms with Crippen molar-refractivity contribution < 1.29 is 27.2 Å². The number of pyridine rings is 1. The van der Waals surface area contributed by atoms with Gasteiger partial charge in [-0.05, 0) is 13.0 Å². The Kier molecular flexibility index (Phi) is 6.74. The molecule has 0 unspecified atom stereocenters. The second-order valence-electron chi connectivity index (χ2n) is 7.75. The van der Waals surface area contributed by atoms with Crippen molar-refractivity contribution in [2.45, 2.75) is 18.4 Å². The van der Waals surface area contributed by atoms with Crippen LogP contribution in [-0.4, -0.2) is 93.3 Å². The van der Waals surface area contributed by atoms with Crippen LogP contribution >= 0.6 is 0 Å². The summed E-state index contributed by atoms with van der Waals surface area (Å²) in [7, 11) is -2.61. The van der Waals surface area contributed by atoms with E-state index in [-0.39, 0.29) is 23.5 Å². The maximum absolute atomic E-state index is 13.4. The van der Waals surface area contributed by atoms with Crippen molar-refractivity contribution in [3.8, 4) is 0 Å². The Morgan fingerprint density at radius 2 is 1.84 bits per heavy atom. The normalized spacial score (nSPS) is 18.6. The van der Waals surface area contributed by atoms with Gasteiger partial charge in [0, 0.05) is 51.5 Å². The molecule has 0 bridgehead atoms. The molecule has 0 amide bonds. The molecule has 0 spiro atoms. The van der Waals surface area contributed by atoms with E-state index in [1.165, 1.54) is 23.7 Å². The predicted octanol–water partition coefficient (Wildman–Crippen LogP) is 0.508. The molecule has 0 atom stereocenters. The third-order valence-electron chi connectivity index (χ3n) is 5.57. The molecule has 2 aliphatic heterocycles. The quantitative estimate of drug-likeness (QED) is 0.558. The highest BCUT2D eigenvalue weighted by Crippen LogP contribution is 2.29. The van der Waals surface area contributed by atoms with Crippen LogP contribution < -0.4 is 4.90 Å². The number of carbonyl (C=O) groups excluding carboxylic acids is 1. The topological polar surface area (TPSA) is 118 Å². The lowest BCUT2D eigenvalue weighted by Gasteiger charge is -2.36. The first-order valence-electron chi connectivity index (χ1n) is 10.4. The molecular formula is C20H27N5O6S. The molecule has 174 valence electrons. The van der Waals surface area contributed by atoms with Gasteiger partial charge in [0.1, 0.15) is 10.7 Å². The van der Waals surface area contributed by atoms with Crippen LogP contribution in [0.1, 0.15) is 21.8 Å². The van der Waals surface area contributed by atoms with Crippen molar-refractivity contribution in [1.29, 1.82) is 0 Å². The van der Waals surface area contributed by atoms with Crippen molar-refractivity contribution in [1.82, 2.24) is 19.3 Å². The average molecular weight is 466 g/mol. The molecule has 12 heteroatoms. The van der Waals surface area contributed by atoms with Gasteiger partial charge in [-0.25, -0.2) is 18.2 Å².